The molecule has 0 radical (unpaired) electrons. The van der Waals surface area contributed by atoms with Crippen LogP contribution in [0.4, 0.5) is 0 Å². The lowest BCUT2D eigenvalue weighted by atomic mass is 9.76. The molecule has 7 nitrogen and oxygen atoms in total. The maximum absolute atomic E-state index is 12.3. The molecule has 1 aliphatic carbocycles. The molecule has 0 bridgehead atoms. The number of rotatable bonds is 12. The monoisotopic (exact) mass is 555 g/mol. The van der Waals surface area contributed by atoms with Gasteiger partial charge >= 0.3 is 5.97 Å². The summed E-state index contributed by atoms with van der Waals surface area (Å²) in [7, 11) is 0.0736. The third kappa shape index (κ3) is 6.67. The van der Waals surface area contributed by atoms with Crippen molar-refractivity contribution in [1.29, 1.82) is 0 Å². The number of esters is 1. The SMILES string of the molecule is COC(=O)c1ccc2cc(-c3nn(COCC[SiH](C)C)c4c3CCC(C)(C)C4)n(COCC[SiH](C)C)c2c1. The molecule has 2 heterocycles. The van der Waals surface area contributed by atoms with Gasteiger partial charge in [-0.15, -0.1) is 0 Å². The van der Waals surface area contributed by atoms with E-state index in [2.05, 4.69) is 55.4 Å². The Morgan fingerprint density at radius 3 is 2.37 bits per heavy atom. The van der Waals surface area contributed by atoms with Crippen LogP contribution in [0.2, 0.25) is 38.3 Å². The highest BCUT2D eigenvalue weighted by Crippen LogP contribution is 2.40. The van der Waals surface area contributed by atoms with Gasteiger partial charge in [0.1, 0.15) is 19.2 Å². The van der Waals surface area contributed by atoms with Gasteiger partial charge in [-0.2, -0.15) is 5.10 Å². The van der Waals surface area contributed by atoms with Gasteiger partial charge in [0.05, 0.1) is 23.9 Å². The van der Waals surface area contributed by atoms with Crippen LogP contribution in [0.25, 0.3) is 22.3 Å². The van der Waals surface area contributed by atoms with E-state index in [-0.39, 0.29) is 11.4 Å². The molecule has 3 aromatic rings. The summed E-state index contributed by atoms with van der Waals surface area (Å²) in [6.07, 6.45) is 3.10. The quantitative estimate of drug-likeness (QED) is 0.162. The minimum Gasteiger partial charge on any atom is -0.465 e. The Morgan fingerprint density at radius 2 is 1.71 bits per heavy atom. The summed E-state index contributed by atoms with van der Waals surface area (Å²) in [5, 5.41) is 6.23. The number of aromatic nitrogens is 3. The van der Waals surface area contributed by atoms with Gasteiger partial charge in [0.25, 0.3) is 0 Å². The number of hydrogen-bond acceptors (Lipinski definition) is 5. The van der Waals surface area contributed by atoms with Crippen molar-refractivity contribution in [2.24, 2.45) is 5.41 Å². The maximum atomic E-state index is 12.3. The van der Waals surface area contributed by atoms with Gasteiger partial charge < -0.3 is 18.8 Å². The first-order valence-corrected chi connectivity index (χ1v) is 20.3. The highest BCUT2D eigenvalue weighted by atomic mass is 28.3. The highest BCUT2D eigenvalue weighted by molar-refractivity contribution is 6.56. The van der Waals surface area contributed by atoms with Gasteiger partial charge in [0, 0.05) is 47.5 Å². The standard InChI is InChI=1S/C29H45N3O4Si2/c1-29(2)11-10-23-26(18-29)32(20-36-13-15-38(6)7)30-27(23)25-16-21-8-9-22(28(33)34-3)17-24(21)31(25)19-35-12-14-37(4)5/h8-9,16-17,37-38H,10-15,18-20H2,1-7H3. The molecule has 0 fully saturated rings. The minimum absolute atomic E-state index is 0.235. The van der Waals surface area contributed by atoms with Crippen LogP contribution in [0.1, 0.15) is 41.9 Å². The lowest BCUT2D eigenvalue weighted by Crippen LogP contribution is -2.24. The molecule has 0 saturated carbocycles. The van der Waals surface area contributed by atoms with Crippen LogP contribution in [-0.4, -0.2) is 58.2 Å². The fraction of sp³-hybridized carbons (Fsp3) is 0.586. The number of hydrogen-bond donors (Lipinski definition) is 0. The zero-order chi connectivity index (χ0) is 27.4. The van der Waals surface area contributed by atoms with Crippen LogP contribution < -0.4 is 0 Å². The first-order chi connectivity index (χ1) is 18.1. The Hall–Kier alpha value is -2.21. The Labute approximate surface area is 230 Å². The van der Waals surface area contributed by atoms with Crippen LogP contribution >= 0.6 is 0 Å². The van der Waals surface area contributed by atoms with Crippen LogP contribution in [0, 0.1) is 5.41 Å². The fourth-order valence-electron chi connectivity index (χ4n) is 5.09. The fourth-order valence-corrected chi connectivity index (χ4v) is 6.37. The van der Waals surface area contributed by atoms with E-state index < -0.39 is 17.6 Å². The number of carbonyl (C=O) groups is 1. The summed E-state index contributed by atoms with van der Waals surface area (Å²) in [6, 6.07) is 10.2. The lowest BCUT2D eigenvalue weighted by molar-refractivity contribution is 0.0600. The van der Waals surface area contributed by atoms with E-state index >= 15 is 0 Å². The van der Waals surface area contributed by atoms with Crippen molar-refractivity contribution in [2.75, 3.05) is 20.3 Å². The summed E-state index contributed by atoms with van der Waals surface area (Å²) in [4.78, 5) is 12.3. The highest BCUT2D eigenvalue weighted by Gasteiger charge is 2.32. The number of benzene rings is 1. The van der Waals surface area contributed by atoms with E-state index in [4.69, 9.17) is 19.3 Å². The van der Waals surface area contributed by atoms with Crippen molar-refractivity contribution in [1.82, 2.24) is 14.3 Å². The molecule has 208 valence electrons. The van der Waals surface area contributed by atoms with Gasteiger partial charge in [-0.3, -0.25) is 0 Å². The molecule has 38 heavy (non-hydrogen) atoms. The third-order valence-electron chi connectivity index (χ3n) is 7.55. The van der Waals surface area contributed by atoms with Crippen LogP contribution in [0.15, 0.2) is 24.3 Å². The van der Waals surface area contributed by atoms with E-state index in [0.717, 1.165) is 60.8 Å². The number of fused-ring (bicyclic) bond motifs is 2. The molecule has 0 aliphatic heterocycles. The molecule has 0 atom stereocenters. The predicted molar refractivity (Wildman–Crippen MR) is 160 cm³/mol. The first kappa shape index (κ1) is 28.8. The molecule has 9 heteroatoms. The van der Waals surface area contributed by atoms with Crippen LogP contribution in [0.5, 0.6) is 0 Å². The van der Waals surface area contributed by atoms with Crippen LogP contribution in [-0.2, 0) is 40.5 Å². The van der Waals surface area contributed by atoms with E-state index in [9.17, 15) is 4.79 Å². The number of nitrogens with zero attached hydrogens (tertiary/aromatic N) is 3. The molecule has 1 aliphatic rings. The summed E-state index contributed by atoms with van der Waals surface area (Å²) in [6.45, 7) is 16.5. The van der Waals surface area contributed by atoms with Crippen molar-refractivity contribution < 1.29 is 19.0 Å². The lowest BCUT2D eigenvalue weighted by Gasteiger charge is -2.30. The largest absolute Gasteiger partial charge is 0.465 e. The normalized spacial score (nSPS) is 15.0. The van der Waals surface area contributed by atoms with Crippen molar-refractivity contribution in [3.05, 3.63) is 41.1 Å². The van der Waals surface area contributed by atoms with Gasteiger partial charge in [-0.1, -0.05) is 46.1 Å². The summed E-state index contributed by atoms with van der Waals surface area (Å²) in [5.74, 6) is -0.335. The molecule has 0 unspecified atom stereocenters. The molecule has 0 N–H and O–H groups in total. The van der Waals surface area contributed by atoms with Crippen molar-refractivity contribution in [3.63, 3.8) is 0 Å². The maximum Gasteiger partial charge on any atom is 0.337 e. The predicted octanol–water partition coefficient (Wildman–Crippen LogP) is 5.73. The molecule has 1 aromatic carbocycles. The average Bonchev–Trinajstić information content (AvgIpc) is 3.40. The topological polar surface area (TPSA) is 67.5 Å². The summed E-state index contributed by atoms with van der Waals surface area (Å²) < 4.78 is 21.6. The van der Waals surface area contributed by atoms with Gasteiger partial charge in [0.15, 0.2) is 0 Å². The molecule has 2 aromatic heterocycles. The Kier molecular flexibility index (Phi) is 9.33. The number of methoxy groups -OCH3 is 1. The molecular weight excluding hydrogens is 511 g/mol. The van der Waals surface area contributed by atoms with Crippen molar-refractivity contribution in [2.45, 2.75) is 84.8 Å². The van der Waals surface area contributed by atoms with Gasteiger partial charge in [-0.25, -0.2) is 9.48 Å². The van der Waals surface area contributed by atoms with Crippen LogP contribution in [0.3, 0.4) is 0 Å². The number of carbonyl (C=O) groups excluding carboxylic acids is 1. The average molecular weight is 556 g/mol. The molecule has 0 saturated heterocycles. The smallest absolute Gasteiger partial charge is 0.337 e. The number of ether oxygens (including phenoxy) is 3. The minimum atomic E-state index is -0.698. The molecule has 0 spiro atoms. The van der Waals surface area contributed by atoms with E-state index in [1.165, 1.54) is 24.4 Å². The van der Waals surface area contributed by atoms with E-state index in [0.29, 0.717) is 19.0 Å². The van der Waals surface area contributed by atoms with Crippen molar-refractivity contribution >= 4 is 34.5 Å². The molecule has 0 amide bonds. The second-order valence-electron chi connectivity index (χ2n) is 12.3. The zero-order valence-corrected chi connectivity index (χ0v) is 26.6. The molecule has 4 rings (SSSR count). The Morgan fingerprint density at radius 1 is 1.03 bits per heavy atom. The summed E-state index contributed by atoms with van der Waals surface area (Å²) >= 11 is 0. The second kappa shape index (κ2) is 12.3. The Balaban J connectivity index is 1.76. The van der Waals surface area contributed by atoms with Crippen molar-refractivity contribution in [3.8, 4) is 11.4 Å². The van der Waals surface area contributed by atoms with E-state index in [1.807, 2.05) is 18.2 Å². The van der Waals surface area contributed by atoms with E-state index in [1.54, 1.807) is 0 Å². The second-order valence-corrected chi connectivity index (χ2v) is 19.0. The first-order valence-electron chi connectivity index (χ1n) is 14.1. The Bertz CT molecular complexity index is 1260. The van der Waals surface area contributed by atoms with Gasteiger partial charge in [0.2, 0.25) is 0 Å². The zero-order valence-electron chi connectivity index (χ0n) is 24.3. The third-order valence-corrected chi connectivity index (χ3v) is 10.3. The van der Waals surface area contributed by atoms with Gasteiger partial charge in [-0.05, 0) is 55.0 Å². The summed E-state index contributed by atoms with van der Waals surface area (Å²) in [5.41, 5.74) is 6.39. The molecular formula is C29H45N3O4Si2.